The zero-order chi connectivity index (χ0) is 11.8. The summed E-state index contributed by atoms with van der Waals surface area (Å²) in [5.41, 5.74) is 7.11. The number of fused-ring (bicyclic) bond motifs is 1. The monoisotopic (exact) mass is 230 g/mol. The van der Waals surface area contributed by atoms with Crippen LogP contribution in [0.4, 0.5) is 0 Å². The molecule has 3 rings (SSSR count). The first-order valence-corrected chi connectivity index (χ1v) is 5.75. The Bertz CT molecular complexity index is 562. The lowest BCUT2D eigenvalue weighted by atomic mass is 9.87. The third kappa shape index (κ3) is 1.68. The number of hydrogen-bond donors (Lipinski definition) is 3. The van der Waals surface area contributed by atoms with Crippen LogP contribution >= 0.6 is 0 Å². The molecular formula is C12H14N4O. The van der Waals surface area contributed by atoms with Gasteiger partial charge in [0, 0.05) is 17.5 Å². The molecule has 0 radical (unpaired) electrons. The van der Waals surface area contributed by atoms with Crippen LogP contribution in [0.2, 0.25) is 0 Å². The maximum Gasteiger partial charge on any atom is 0.272 e. The first kappa shape index (κ1) is 10.3. The first-order chi connectivity index (χ1) is 8.25. The van der Waals surface area contributed by atoms with Crippen molar-refractivity contribution in [3.63, 3.8) is 0 Å². The molecule has 2 unspecified atom stereocenters. The molecule has 0 saturated heterocycles. The van der Waals surface area contributed by atoms with Gasteiger partial charge in [-0.2, -0.15) is 5.10 Å². The molecule has 1 aromatic heterocycles. The van der Waals surface area contributed by atoms with Gasteiger partial charge in [-0.05, 0) is 18.9 Å². The molecule has 0 spiro atoms. The summed E-state index contributed by atoms with van der Waals surface area (Å²) in [5.74, 6) is -0.150. The van der Waals surface area contributed by atoms with E-state index in [4.69, 9.17) is 5.73 Å². The van der Waals surface area contributed by atoms with Gasteiger partial charge in [-0.3, -0.25) is 9.89 Å². The number of nitrogens with two attached hydrogens (primary N) is 1. The molecule has 5 nitrogen and oxygen atoms in total. The van der Waals surface area contributed by atoms with E-state index in [1.807, 2.05) is 24.3 Å². The molecule has 1 amide bonds. The Morgan fingerprint density at radius 3 is 2.94 bits per heavy atom. The van der Waals surface area contributed by atoms with Crippen LogP contribution in [-0.4, -0.2) is 28.2 Å². The van der Waals surface area contributed by atoms with Gasteiger partial charge in [0.05, 0.1) is 5.52 Å². The van der Waals surface area contributed by atoms with Crippen molar-refractivity contribution in [2.45, 2.75) is 24.9 Å². The van der Waals surface area contributed by atoms with Crippen LogP contribution < -0.4 is 11.1 Å². The number of aromatic nitrogens is 2. The van der Waals surface area contributed by atoms with E-state index in [1.165, 1.54) is 0 Å². The second-order valence-electron chi connectivity index (χ2n) is 4.44. The van der Waals surface area contributed by atoms with Crippen LogP contribution in [0.25, 0.3) is 10.9 Å². The van der Waals surface area contributed by atoms with Crippen LogP contribution in [0, 0.1) is 0 Å². The van der Waals surface area contributed by atoms with Crippen molar-refractivity contribution in [2.24, 2.45) is 5.73 Å². The summed E-state index contributed by atoms with van der Waals surface area (Å²) in [6, 6.07) is 7.76. The van der Waals surface area contributed by atoms with Crippen molar-refractivity contribution in [3.05, 3.63) is 30.0 Å². The number of carbonyl (C=O) groups excluding carboxylic acids is 1. The highest BCUT2D eigenvalue weighted by atomic mass is 16.2. The van der Waals surface area contributed by atoms with Crippen LogP contribution in [-0.2, 0) is 0 Å². The normalized spacial score (nSPS) is 23.4. The van der Waals surface area contributed by atoms with E-state index in [0.29, 0.717) is 5.69 Å². The predicted octanol–water partition coefficient (Wildman–Crippen LogP) is 0.782. The Kier molecular flexibility index (Phi) is 2.33. The number of rotatable bonds is 2. The highest BCUT2D eigenvalue weighted by molar-refractivity contribution is 6.04. The molecule has 2 atom stereocenters. The van der Waals surface area contributed by atoms with Crippen molar-refractivity contribution in [3.8, 4) is 0 Å². The van der Waals surface area contributed by atoms with E-state index in [0.717, 1.165) is 23.7 Å². The number of amides is 1. The number of H-pyrrole nitrogens is 1. The summed E-state index contributed by atoms with van der Waals surface area (Å²) in [6.45, 7) is 0. The second kappa shape index (κ2) is 3.85. The van der Waals surface area contributed by atoms with Crippen molar-refractivity contribution in [1.82, 2.24) is 15.5 Å². The molecule has 1 aromatic carbocycles. The van der Waals surface area contributed by atoms with Gasteiger partial charge in [0.2, 0.25) is 0 Å². The minimum atomic E-state index is -0.150. The number of aromatic amines is 1. The van der Waals surface area contributed by atoms with Gasteiger partial charge < -0.3 is 11.1 Å². The molecule has 0 aliphatic heterocycles. The third-order valence-corrected chi connectivity index (χ3v) is 3.33. The SMILES string of the molecule is NC1CCC1NC(=O)c1n[nH]c2ccccc12. The van der Waals surface area contributed by atoms with Crippen molar-refractivity contribution in [1.29, 1.82) is 0 Å². The van der Waals surface area contributed by atoms with E-state index < -0.39 is 0 Å². The van der Waals surface area contributed by atoms with Crippen molar-refractivity contribution >= 4 is 16.8 Å². The van der Waals surface area contributed by atoms with Gasteiger partial charge in [-0.1, -0.05) is 18.2 Å². The maximum atomic E-state index is 12.0. The summed E-state index contributed by atoms with van der Waals surface area (Å²) in [5, 5.41) is 10.7. The molecule has 1 saturated carbocycles. The topological polar surface area (TPSA) is 83.8 Å². The molecule has 4 N–H and O–H groups in total. The molecule has 1 heterocycles. The average molecular weight is 230 g/mol. The average Bonchev–Trinajstić information content (AvgIpc) is 2.77. The number of nitrogens with one attached hydrogen (secondary N) is 2. The second-order valence-corrected chi connectivity index (χ2v) is 4.44. The lowest BCUT2D eigenvalue weighted by Crippen LogP contribution is -2.54. The van der Waals surface area contributed by atoms with Gasteiger partial charge in [0.25, 0.3) is 5.91 Å². The molecule has 88 valence electrons. The zero-order valence-electron chi connectivity index (χ0n) is 9.31. The van der Waals surface area contributed by atoms with E-state index in [9.17, 15) is 4.79 Å². The highest BCUT2D eigenvalue weighted by Crippen LogP contribution is 2.19. The summed E-state index contributed by atoms with van der Waals surface area (Å²) in [4.78, 5) is 12.0. The first-order valence-electron chi connectivity index (χ1n) is 5.75. The quantitative estimate of drug-likeness (QED) is 0.713. The standard InChI is InChI=1S/C12H14N4O/c13-8-5-6-10(8)14-12(17)11-7-3-1-2-4-9(7)15-16-11/h1-4,8,10H,5-6,13H2,(H,14,17)(H,15,16). The Morgan fingerprint density at radius 2 is 2.24 bits per heavy atom. The summed E-state index contributed by atoms with van der Waals surface area (Å²) >= 11 is 0. The van der Waals surface area contributed by atoms with Gasteiger partial charge in [0.1, 0.15) is 0 Å². The minimum Gasteiger partial charge on any atom is -0.346 e. The highest BCUT2D eigenvalue weighted by Gasteiger charge is 2.29. The van der Waals surface area contributed by atoms with Crippen molar-refractivity contribution < 1.29 is 4.79 Å². The van der Waals surface area contributed by atoms with Gasteiger partial charge in [-0.25, -0.2) is 0 Å². The van der Waals surface area contributed by atoms with E-state index in [-0.39, 0.29) is 18.0 Å². The zero-order valence-corrected chi connectivity index (χ0v) is 9.31. The summed E-state index contributed by atoms with van der Waals surface area (Å²) in [6.07, 6.45) is 1.93. The molecule has 1 aliphatic carbocycles. The van der Waals surface area contributed by atoms with Crippen LogP contribution in [0.1, 0.15) is 23.3 Å². The molecule has 0 bridgehead atoms. The largest absolute Gasteiger partial charge is 0.346 e. The van der Waals surface area contributed by atoms with E-state index in [2.05, 4.69) is 15.5 Å². The van der Waals surface area contributed by atoms with Gasteiger partial charge in [0.15, 0.2) is 5.69 Å². The Hall–Kier alpha value is -1.88. The fourth-order valence-electron chi connectivity index (χ4n) is 2.08. The van der Waals surface area contributed by atoms with Crippen molar-refractivity contribution in [2.75, 3.05) is 0 Å². The van der Waals surface area contributed by atoms with E-state index >= 15 is 0 Å². The fourth-order valence-corrected chi connectivity index (χ4v) is 2.08. The molecular weight excluding hydrogens is 216 g/mol. The maximum absolute atomic E-state index is 12.0. The number of nitrogens with zero attached hydrogens (tertiary/aromatic N) is 1. The smallest absolute Gasteiger partial charge is 0.272 e. The number of benzene rings is 1. The molecule has 1 aliphatic rings. The molecule has 2 aromatic rings. The fraction of sp³-hybridized carbons (Fsp3) is 0.333. The van der Waals surface area contributed by atoms with Crippen LogP contribution in [0.3, 0.4) is 0 Å². The van der Waals surface area contributed by atoms with Crippen LogP contribution in [0.15, 0.2) is 24.3 Å². The minimum absolute atomic E-state index is 0.0872. The molecule has 5 heteroatoms. The van der Waals surface area contributed by atoms with Crippen LogP contribution in [0.5, 0.6) is 0 Å². The van der Waals surface area contributed by atoms with E-state index in [1.54, 1.807) is 0 Å². The predicted molar refractivity (Wildman–Crippen MR) is 64.6 cm³/mol. The summed E-state index contributed by atoms with van der Waals surface area (Å²) in [7, 11) is 0. The summed E-state index contributed by atoms with van der Waals surface area (Å²) < 4.78 is 0. The number of hydrogen-bond acceptors (Lipinski definition) is 3. The lowest BCUT2D eigenvalue weighted by Gasteiger charge is -2.33. The van der Waals surface area contributed by atoms with Gasteiger partial charge >= 0.3 is 0 Å². The Morgan fingerprint density at radius 1 is 1.41 bits per heavy atom. The van der Waals surface area contributed by atoms with Gasteiger partial charge in [-0.15, -0.1) is 0 Å². The number of para-hydroxylation sites is 1. The Labute approximate surface area is 98.4 Å². The third-order valence-electron chi connectivity index (χ3n) is 3.33. The lowest BCUT2D eigenvalue weighted by molar-refractivity contribution is 0.0902. The Balaban J connectivity index is 1.85. The molecule has 17 heavy (non-hydrogen) atoms. The number of carbonyl (C=O) groups is 1. The molecule has 1 fully saturated rings.